The Balaban J connectivity index is 3.14. The lowest BCUT2D eigenvalue weighted by Gasteiger charge is -2.10. The monoisotopic (exact) mass is 385 g/mol. The lowest BCUT2D eigenvalue weighted by molar-refractivity contribution is -0.143. The highest BCUT2D eigenvalue weighted by molar-refractivity contribution is 5.69. The first-order chi connectivity index (χ1) is 13.2. The van der Waals surface area contributed by atoms with E-state index in [1.807, 2.05) is 6.92 Å². The van der Waals surface area contributed by atoms with Crippen molar-refractivity contribution in [3.8, 4) is 0 Å². The van der Waals surface area contributed by atoms with E-state index in [-0.39, 0.29) is 18.6 Å². The Kier molecular flexibility index (Phi) is 21.2. The standard InChI is InChI=1S/C23H47NO3/c1-3-4-5-6-7-8-9-10-11-12-13-14-15-16-17-18-23(26)27-20-19-24-22(2)21-25/h22,24-25H,3-21H2,1-2H3. The van der Waals surface area contributed by atoms with Crippen molar-refractivity contribution in [2.24, 2.45) is 0 Å². The molecule has 0 saturated carbocycles. The summed E-state index contributed by atoms with van der Waals surface area (Å²) in [7, 11) is 0. The molecule has 0 fully saturated rings. The van der Waals surface area contributed by atoms with Crippen molar-refractivity contribution >= 4 is 5.97 Å². The van der Waals surface area contributed by atoms with Gasteiger partial charge in [-0.25, -0.2) is 0 Å². The number of rotatable bonds is 21. The second kappa shape index (κ2) is 21.7. The number of nitrogens with one attached hydrogen (secondary N) is 1. The summed E-state index contributed by atoms with van der Waals surface area (Å²) in [6.45, 7) is 5.27. The maximum Gasteiger partial charge on any atom is 0.305 e. The predicted octanol–water partition coefficient (Wildman–Crippen LogP) is 5.76. The van der Waals surface area contributed by atoms with Gasteiger partial charge in [-0.2, -0.15) is 0 Å². The van der Waals surface area contributed by atoms with Crippen LogP contribution in [0.3, 0.4) is 0 Å². The van der Waals surface area contributed by atoms with Crippen molar-refractivity contribution in [1.29, 1.82) is 0 Å². The molecule has 0 aromatic heterocycles. The highest BCUT2D eigenvalue weighted by atomic mass is 16.5. The number of esters is 1. The first kappa shape index (κ1) is 26.4. The number of ether oxygens (including phenoxy) is 1. The Labute approximate surface area is 168 Å². The average molecular weight is 386 g/mol. The Morgan fingerprint density at radius 2 is 1.26 bits per heavy atom. The molecule has 0 aliphatic heterocycles. The number of hydrogen-bond donors (Lipinski definition) is 2. The van der Waals surface area contributed by atoms with Gasteiger partial charge in [0, 0.05) is 19.0 Å². The molecule has 162 valence electrons. The summed E-state index contributed by atoms with van der Waals surface area (Å²) in [5.41, 5.74) is 0. The Morgan fingerprint density at radius 1 is 0.815 bits per heavy atom. The molecule has 0 aromatic carbocycles. The SMILES string of the molecule is CCCCCCCCCCCCCCCCCC(=O)OCCNC(C)CO. The molecular weight excluding hydrogens is 338 g/mol. The number of carbonyl (C=O) groups is 1. The van der Waals surface area contributed by atoms with E-state index >= 15 is 0 Å². The van der Waals surface area contributed by atoms with Crippen LogP contribution in [0.1, 0.15) is 117 Å². The zero-order valence-corrected chi connectivity index (χ0v) is 18.3. The van der Waals surface area contributed by atoms with Gasteiger partial charge < -0.3 is 15.2 Å². The smallest absolute Gasteiger partial charge is 0.305 e. The summed E-state index contributed by atoms with van der Waals surface area (Å²) >= 11 is 0. The van der Waals surface area contributed by atoms with Crippen LogP contribution in [0.25, 0.3) is 0 Å². The average Bonchev–Trinajstić information content (AvgIpc) is 2.68. The molecule has 4 nitrogen and oxygen atoms in total. The highest BCUT2D eigenvalue weighted by Gasteiger charge is 2.03. The largest absolute Gasteiger partial charge is 0.464 e. The second-order valence-corrected chi connectivity index (χ2v) is 7.96. The summed E-state index contributed by atoms with van der Waals surface area (Å²) in [4.78, 5) is 11.6. The van der Waals surface area contributed by atoms with Gasteiger partial charge in [-0.05, 0) is 13.3 Å². The lowest BCUT2D eigenvalue weighted by Crippen LogP contribution is -2.32. The van der Waals surface area contributed by atoms with Gasteiger partial charge in [0.25, 0.3) is 0 Å². The molecule has 0 aromatic rings. The fraction of sp³-hybridized carbons (Fsp3) is 0.957. The van der Waals surface area contributed by atoms with Crippen LogP contribution in [0.5, 0.6) is 0 Å². The third kappa shape index (κ3) is 21.5. The molecule has 0 aliphatic rings. The van der Waals surface area contributed by atoms with Crippen molar-refractivity contribution < 1.29 is 14.6 Å². The number of hydrogen-bond acceptors (Lipinski definition) is 4. The molecule has 0 amide bonds. The van der Waals surface area contributed by atoms with Crippen LogP contribution in [0.2, 0.25) is 0 Å². The van der Waals surface area contributed by atoms with Gasteiger partial charge >= 0.3 is 5.97 Å². The number of unbranched alkanes of at least 4 members (excludes halogenated alkanes) is 14. The van der Waals surface area contributed by atoms with E-state index in [1.165, 1.54) is 83.5 Å². The van der Waals surface area contributed by atoms with E-state index in [9.17, 15) is 4.79 Å². The van der Waals surface area contributed by atoms with E-state index in [4.69, 9.17) is 9.84 Å². The molecule has 0 rings (SSSR count). The van der Waals surface area contributed by atoms with Crippen LogP contribution >= 0.6 is 0 Å². The molecule has 0 heterocycles. The Morgan fingerprint density at radius 3 is 1.70 bits per heavy atom. The third-order valence-electron chi connectivity index (χ3n) is 5.12. The van der Waals surface area contributed by atoms with Crippen LogP contribution in [0.4, 0.5) is 0 Å². The van der Waals surface area contributed by atoms with Crippen LogP contribution in [-0.4, -0.2) is 36.9 Å². The molecule has 0 aliphatic carbocycles. The lowest BCUT2D eigenvalue weighted by atomic mass is 10.0. The van der Waals surface area contributed by atoms with Crippen molar-refractivity contribution in [2.75, 3.05) is 19.8 Å². The Hall–Kier alpha value is -0.610. The topological polar surface area (TPSA) is 58.6 Å². The Bertz CT molecular complexity index is 310. The van der Waals surface area contributed by atoms with Crippen LogP contribution in [-0.2, 0) is 9.53 Å². The van der Waals surface area contributed by atoms with E-state index in [2.05, 4.69) is 12.2 Å². The van der Waals surface area contributed by atoms with Crippen LogP contribution in [0, 0.1) is 0 Å². The third-order valence-corrected chi connectivity index (χ3v) is 5.12. The quantitative estimate of drug-likeness (QED) is 0.195. The van der Waals surface area contributed by atoms with Crippen molar-refractivity contribution in [1.82, 2.24) is 5.32 Å². The molecule has 1 unspecified atom stereocenters. The highest BCUT2D eigenvalue weighted by Crippen LogP contribution is 2.13. The zero-order valence-electron chi connectivity index (χ0n) is 18.3. The van der Waals surface area contributed by atoms with Gasteiger partial charge in [-0.3, -0.25) is 4.79 Å². The maximum atomic E-state index is 11.6. The first-order valence-electron chi connectivity index (χ1n) is 11.7. The van der Waals surface area contributed by atoms with Gasteiger partial charge in [-0.15, -0.1) is 0 Å². The van der Waals surface area contributed by atoms with Crippen molar-refractivity contribution in [3.05, 3.63) is 0 Å². The van der Waals surface area contributed by atoms with Gasteiger partial charge in [0.2, 0.25) is 0 Å². The minimum Gasteiger partial charge on any atom is -0.464 e. The summed E-state index contributed by atoms with van der Waals surface area (Å²) in [5, 5.41) is 12.0. The van der Waals surface area contributed by atoms with Gasteiger partial charge in [0.1, 0.15) is 6.61 Å². The molecule has 1 atom stereocenters. The van der Waals surface area contributed by atoms with E-state index in [0.717, 1.165) is 12.8 Å². The minimum atomic E-state index is -0.0943. The number of aliphatic hydroxyl groups excluding tert-OH is 1. The number of aliphatic hydroxyl groups is 1. The molecular formula is C23H47NO3. The second-order valence-electron chi connectivity index (χ2n) is 7.96. The predicted molar refractivity (Wildman–Crippen MR) is 115 cm³/mol. The van der Waals surface area contributed by atoms with E-state index < -0.39 is 0 Å². The number of carbonyl (C=O) groups excluding carboxylic acids is 1. The molecule has 0 spiro atoms. The minimum absolute atomic E-state index is 0.0549. The summed E-state index contributed by atoms with van der Waals surface area (Å²) in [6.07, 6.45) is 20.5. The van der Waals surface area contributed by atoms with Crippen LogP contribution in [0.15, 0.2) is 0 Å². The van der Waals surface area contributed by atoms with Gasteiger partial charge in [0.05, 0.1) is 6.61 Å². The molecule has 2 N–H and O–H groups in total. The molecule has 27 heavy (non-hydrogen) atoms. The first-order valence-corrected chi connectivity index (χ1v) is 11.7. The fourth-order valence-corrected chi connectivity index (χ4v) is 3.25. The molecule has 4 heteroatoms. The van der Waals surface area contributed by atoms with Crippen molar-refractivity contribution in [3.63, 3.8) is 0 Å². The molecule has 0 saturated heterocycles. The maximum absolute atomic E-state index is 11.6. The van der Waals surface area contributed by atoms with Crippen LogP contribution < -0.4 is 5.32 Å². The molecule has 0 bridgehead atoms. The normalized spacial score (nSPS) is 12.3. The van der Waals surface area contributed by atoms with E-state index in [0.29, 0.717) is 19.6 Å². The van der Waals surface area contributed by atoms with Gasteiger partial charge in [-0.1, -0.05) is 96.8 Å². The summed E-state index contributed by atoms with van der Waals surface area (Å²) < 4.78 is 5.17. The van der Waals surface area contributed by atoms with Gasteiger partial charge in [0.15, 0.2) is 0 Å². The summed E-state index contributed by atoms with van der Waals surface area (Å²) in [6, 6.07) is 0.0549. The zero-order chi connectivity index (χ0) is 20.0. The van der Waals surface area contributed by atoms with E-state index in [1.54, 1.807) is 0 Å². The van der Waals surface area contributed by atoms with Crippen molar-refractivity contribution in [2.45, 2.75) is 123 Å². The fourth-order valence-electron chi connectivity index (χ4n) is 3.25. The summed E-state index contributed by atoms with van der Waals surface area (Å²) in [5.74, 6) is -0.0943. The molecule has 0 radical (unpaired) electrons.